The summed E-state index contributed by atoms with van der Waals surface area (Å²) in [6.07, 6.45) is 1.51. The summed E-state index contributed by atoms with van der Waals surface area (Å²) in [5, 5.41) is 10.9. The predicted octanol–water partition coefficient (Wildman–Crippen LogP) is 1.35. The standard InChI is InChI=1S/C15H21ClN6O2S/c1-15(2,14-11-17-20-18-14)19-25(23,24)22-9-7-21(8-10-22)13-5-3-12(16)4-6-13/h3-6,11,19H,7-10H2,1-2H3,(H,17,18,20). The van der Waals surface area contributed by atoms with Crippen LogP contribution in [0.3, 0.4) is 0 Å². The van der Waals surface area contributed by atoms with Crippen LogP contribution >= 0.6 is 11.6 Å². The van der Waals surface area contributed by atoms with Crippen LogP contribution in [-0.4, -0.2) is 54.3 Å². The van der Waals surface area contributed by atoms with Gasteiger partial charge in [0, 0.05) is 36.9 Å². The molecule has 0 aliphatic carbocycles. The highest BCUT2D eigenvalue weighted by atomic mass is 35.5. The molecule has 0 amide bonds. The van der Waals surface area contributed by atoms with Crippen molar-refractivity contribution in [2.24, 2.45) is 0 Å². The van der Waals surface area contributed by atoms with Crippen LogP contribution in [0.25, 0.3) is 0 Å². The van der Waals surface area contributed by atoms with Crippen molar-refractivity contribution in [3.05, 3.63) is 41.2 Å². The smallest absolute Gasteiger partial charge is 0.280 e. The van der Waals surface area contributed by atoms with Crippen LogP contribution in [0.5, 0.6) is 0 Å². The molecule has 2 heterocycles. The molecule has 0 spiro atoms. The molecule has 1 fully saturated rings. The van der Waals surface area contributed by atoms with E-state index in [0.717, 1.165) is 5.69 Å². The number of hydrogen-bond acceptors (Lipinski definition) is 5. The number of nitrogens with one attached hydrogen (secondary N) is 2. The Hall–Kier alpha value is -1.68. The molecule has 1 aromatic carbocycles. The average molecular weight is 385 g/mol. The molecule has 0 saturated carbocycles. The van der Waals surface area contributed by atoms with Gasteiger partial charge in [0.1, 0.15) is 5.69 Å². The van der Waals surface area contributed by atoms with E-state index in [1.165, 1.54) is 10.5 Å². The Morgan fingerprint density at radius 3 is 2.36 bits per heavy atom. The maximum absolute atomic E-state index is 12.7. The van der Waals surface area contributed by atoms with Crippen LogP contribution in [-0.2, 0) is 15.7 Å². The van der Waals surface area contributed by atoms with Crippen molar-refractivity contribution in [3.63, 3.8) is 0 Å². The van der Waals surface area contributed by atoms with Crippen LogP contribution in [0, 0.1) is 0 Å². The number of benzene rings is 1. The van der Waals surface area contributed by atoms with Crippen LogP contribution in [0.15, 0.2) is 30.5 Å². The number of nitrogens with zero attached hydrogens (tertiary/aromatic N) is 4. The normalized spacial score (nSPS) is 17.0. The van der Waals surface area contributed by atoms with Crippen molar-refractivity contribution in [2.45, 2.75) is 19.4 Å². The number of halogens is 1. The summed E-state index contributed by atoms with van der Waals surface area (Å²) in [5.74, 6) is 0. The fraction of sp³-hybridized carbons (Fsp3) is 0.467. The number of piperazine rings is 1. The lowest BCUT2D eigenvalue weighted by Gasteiger charge is -2.37. The van der Waals surface area contributed by atoms with Crippen LogP contribution in [0.1, 0.15) is 19.5 Å². The SMILES string of the molecule is CC(C)(NS(=O)(=O)N1CCN(c2ccc(Cl)cc2)CC1)c1cn[nH]n1. The Balaban J connectivity index is 1.64. The molecule has 8 nitrogen and oxygen atoms in total. The molecule has 10 heteroatoms. The zero-order valence-corrected chi connectivity index (χ0v) is 15.7. The minimum atomic E-state index is -3.63. The number of aromatic amines is 1. The van der Waals surface area contributed by atoms with E-state index in [9.17, 15) is 8.42 Å². The highest BCUT2D eigenvalue weighted by molar-refractivity contribution is 7.87. The maximum Gasteiger partial charge on any atom is 0.280 e. The molecule has 0 unspecified atom stereocenters. The third kappa shape index (κ3) is 4.12. The Morgan fingerprint density at radius 2 is 1.80 bits per heavy atom. The first-order valence-corrected chi connectivity index (χ1v) is 9.75. The fourth-order valence-corrected chi connectivity index (χ4v) is 4.43. The van der Waals surface area contributed by atoms with Crippen LogP contribution in [0.2, 0.25) is 5.02 Å². The third-order valence-electron chi connectivity index (χ3n) is 4.21. The number of anilines is 1. The van der Waals surface area contributed by atoms with Crippen LogP contribution in [0.4, 0.5) is 5.69 Å². The van der Waals surface area contributed by atoms with Crippen molar-refractivity contribution in [1.82, 2.24) is 24.4 Å². The van der Waals surface area contributed by atoms with Crippen molar-refractivity contribution in [1.29, 1.82) is 0 Å². The van der Waals surface area contributed by atoms with E-state index < -0.39 is 15.7 Å². The van der Waals surface area contributed by atoms with Crippen LogP contribution < -0.4 is 9.62 Å². The number of H-pyrrole nitrogens is 1. The summed E-state index contributed by atoms with van der Waals surface area (Å²) < 4.78 is 29.6. The van der Waals surface area contributed by atoms with E-state index in [-0.39, 0.29) is 0 Å². The summed E-state index contributed by atoms with van der Waals surface area (Å²) in [4.78, 5) is 2.14. The van der Waals surface area contributed by atoms with Gasteiger partial charge in [0.25, 0.3) is 10.2 Å². The van der Waals surface area contributed by atoms with Gasteiger partial charge in [-0.3, -0.25) is 0 Å². The van der Waals surface area contributed by atoms with Gasteiger partial charge in [-0.05, 0) is 38.1 Å². The number of rotatable bonds is 5. The Kier molecular flexibility index (Phi) is 5.01. The molecule has 0 bridgehead atoms. The van der Waals surface area contributed by atoms with Gasteiger partial charge >= 0.3 is 0 Å². The van der Waals surface area contributed by atoms with Crippen molar-refractivity contribution in [2.75, 3.05) is 31.1 Å². The highest BCUT2D eigenvalue weighted by Crippen LogP contribution is 2.22. The van der Waals surface area contributed by atoms with Gasteiger partial charge in [-0.1, -0.05) is 11.6 Å². The first kappa shape index (κ1) is 18.1. The lowest BCUT2D eigenvalue weighted by Crippen LogP contribution is -2.55. The van der Waals surface area contributed by atoms with Gasteiger partial charge in [0.15, 0.2) is 0 Å². The highest BCUT2D eigenvalue weighted by Gasteiger charge is 2.34. The average Bonchev–Trinajstić information content (AvgIpc) is 3.10. The fourth-order valence-electron chi connectivity index (χ4n) is 2.78. The molecule has 2 N–H and O–H groups in total. The quantitative estimate of drug-likeness (QED) is 0.811. The first-order valence-electron chi connectivity index (χ1n) is 7.94. The molecule has 1 saturated heterocycles. The van der Waals surface area contributed by atoms with E-state index in [1.807, 2.05) is 24.3 Å². The van der Waals surface area contributed by atoms with Crippen molar-refractivity contribution >= 4 is 27.5 Å². The summed E-state index contributed by atoms with van der Waals surface area (Å²) in [6.45, 7) is 5.57. The Morgan fingerprint density at radius 1 is 1.16 bits per heavy atom. The first-order chi connectivity index (χ1) is 11.8. The van der Waals surface area contributed by atoms with E-state index in [0.29, 0.717) is 36.9 Å². The monoisotopic (exact) mass is 384 g/mol. The number of aromatic nitrogens is 3. The molecule has 2 aromatic rings. The summed E-state index contributed by atoms with van der Waals surface area (Å²) in [6, 6.07) is 7.56. The largest absolute Gasteiger partial charge is 0.369 e. The minimum absolute atomic E-state index is 0.410. The van der Waals surface area contributed by atoms with Gasteiger partial charge in [0.2, 0.25) is 0 Å². The Bertz CT molecular complexity index is 799. The lowest BCUT2D eigenvalue weighted by atomic mass is 10.0. The molecule has 3 rings (SSSR count). The van der Waals surface area contributed by atoms with Gasteiger partial charge in [-0.2, -0.15) is 32.9 Å². The van der Waals surface area contributed by atoms with Gasteiger partial charge in [0.05, 0.1) is 11.7 Å². The lowest BCUT2D eigenvalue weighted by molar-refractivity contribution is 0.359. The molecule has 25 heavy (non-hydrogen) atoms. The van der Waals surface area contributed by atoms with E-state index >= 15 is 0 Å². The number of hydrogen-bond donors (Lipinski definition) is 2. The third-order valence-corrected chi connectivity index (χ3v) is 6.28. The second-order valence-corrected chi connectivity index (χ2v) is 8.56. The molecule has 1 aromatic heterocycles. The predicted molar refractivity (Wildman–Crippen MR) is 96.7 cm³/mol. The molecule has 0 radical (unpaired) electrons. The molecular weight excluding hydrogens is 364 g/mol. The topological polar surface area (TPSA) is 94.2 Å². The molecule has 1 aliphatic heterocycles. The molecular formula is C15H21ClN6O2S. The molecule has 1 aliphatic rings. The molecule has 0 atom stereocenters. The molecule has 136 valence electrons. The second-order valence-electron chi connectivity index (χ2n) is 6.45. The summed E-state index contributed by atoms with van der Waals surface area (Å²) in [5.41, 5.74) is 0.729. The van der Waals surface area contributed by atoms with Gasteiger partial charge < -0.3 is 4.90 Å². The maximum atomic E-state index is 12.7. The Labute approximate surface area is 152 Å². The minimum Gasteiger partial charge on any atom is -0.369 e. The summed E-state index contributed by atoms with van der Waals surface area (Å²) in [7, 11) is -3.63. The van der Waals surface area contributed by atoms with Crippen molar-refractivity contribution < 1.29 is 8.42 Å². The summed E-state index contributed by atoms with van der Waals surface area (Å²) >= 11 is 5.91. The van der Waals surface area contributed by atoms with Gasteiger partial charge in [-0.25, -0.2) is 0 Å². The van der Waals surface area contributed by atoms with E-state index in [1.54, 1.807) is 13.8 Å². The van der Waals surface area contributed by atoms with E-state index in [4.69, 9.17) is 11.6 Å². The zero-order valence-electron chi connectivity index (χ0n) is 14.1. The van der Waals surface area contributed by atoms with Gasteiger partial charge in [-0.15, -0.1) is 0 Å². The van der Waals surface area contributed by atoms with Crippen molar-refractivity contribution in [3.8, 4) is 0 Å². The second kappa shape index (κ2) is 6.91. The van der Waals surface area contributed by atoms with E-state index in [2.05, 4.69) is 25.0 Å². The zero-order chi connectivity index (χ0) is 18.1.